The Kier molecular flexibility index (Phi) is 6.98. The summed E-state index contributed by atoms with van der Waals surface area (Å²) in [6.45, 7) is 0.326. The first kappa shape index (κ1) is 24.1. The highest BCUT2D eigenvalue weighted by Crippen LogP contribution is 2.55. The Balaban J connectivity index is 1.50. The molecule has 0 aromatic heterocycles. The van der Waals surface area contributed by atoms with Crippen molar-refractivity contribution in [3.63, 3.8) is 0 Å². The maximum Gasteiger partial charge on any atom is 0.175 e. The van der Waals surface area contributed by atoms with Gasteiger partial charge in [-0.1, -0.05) is 76.8 Å². The van der Waals surface area contributed by atoms with Crippen LogP contribution in [0.1, 0.15) is 35.1 Å². The molecule has 5 rings (SSSR count). The number of halogens is 5. The van der Waals surface area contributed by atoms with Crippen LogP contribution in [0, 0.1) is 5.92 Å². The van der Waals surface area contributed by atoms with Crippen molar-refractivity contribution in [2.75, 3.05) is 12.4 Å². The molecule has 34 heavy (non-hydrogen) atoms. The van der Waals surface area contributed by atoms with Gasteiger partial charge in [0.1, 0.15) is 6.61 Å². The average molecular weight is 600 g/mol. The summed E-state index contributed by atoms with van der Waals surface area (Å²) in [4.78, 5) is 0. The minimum Gasteiger partial charge on any atom is -0.493 e. The molecule has 0 saturated heterocycles. The molecule has 3 aromatic carbocycles. The highest BCUT2D eigenvalue weighted by atomic mass is 79.9. The van der Waals surface area contributed by atoms with Crippen LogP contribution in [0.5, 0.6) is 11.5 Å². The lowest BCUT2D eigenvalue weighted by Gasteiger charge is -2.38. The number of benzene rings is 3. The minimum atomic E-state index is -0.00920. The molecule has 176 valence electrons. The van der Waals surface area contributed by atoms with Crippen LogP contribution in [0.4, 0.5) is 5.69 Å². The van der Waals surface area contributed by atoms with E-state index in [1.807, 2.05) is 30.3 Å². The Labute approximate surface area is 227 Å². The molecule has 0 fully saturated rings. The van der Waals surface area contributed by atoms with Gasteiger partial charge in [0.15, 0.2) is 11.5 Å². The molecule has 1 heterocycles. The molecular formula is C26H20BrCl4NO2. The lowest BCUT2D eigenvalue weighted by molar-refractivity contribution is 0.282. The molecule has 0 saturated carbocycles. The van der Waals surface area contributed by atoms with Crippen LogP contribution in [0.2, 0.25) is 20.1 Å². The zero-order valence-electron chi connectivity index (χ0n) is 18.0. The lowest BCUT2D eigenvalue weighted by Crippen LogP contribution is -2.29. The number of rotatable bonds is 5. The smallest absolute Gasteiger partial charge is 0.175 e. The summed E-state index contributed by atoms with van der Waals surface area (Å²) in [5.41, 5.74) is 3.74. The summed E-state index contributed by atoms with van der Waals surface area (Å²) in [7, 11) is 1.63. The molecule has 0 radical (unpaired) electrons. The first-order valence-corrected chi connectivity index (χ1v) is 13.0. The summed E-state index contributed by atoms with van der Waals surface area (Å²) >= 11 is 29.5. The van der Waals surface area contributed by atoms with Crippen LogP contribution < -0.4 is 14.8 Å². The molecule has 0 bridgehead atoms. The maximum atomic E-state index is 6.62. The van der Waals surface area contributed by atoms with Gasteiger partial charge in [-0.15, -0.1) is 0 Å². The molecule has 3 atom stereocenters. The van der Waals surface area contributed by atoms with E-state index < -0.39 is 0 Å². The fourth-order valence-electron chi connectivity index (χ4n) is 4.82. The average Bonchev–Trinajstić information content (AvgIpc) is 3.31. The van der Waals surface area contributed by atoms with Gasteiger partial charge in [0, 0.05) is 22.1 Å². The SMILES string of the molecule is COc1cc([C@@H]2Nc3c(Cl)cc(Cl)c(Cl)c3[C@@H]3C=CC[C@@H]32)cc(Br)c1OCc1ccccc1Cl. The molecule has 1 aliphatic heterocycles. The third-order valence-corrected chi connectivity index (χ3v) is 8.48. The molecule has 8 heteroatoms. The summed E-state index contributed by atoms with van der Waals surface area (Å²) in [6.07, 6.45) is 5.30. The van der Waals surface area contributed by atoms with Crippen molar-refractivity contribution in [3.05, 3.63) is 95.9 Å². The number of nitrogens with one attached hydrogen (secondary N) is 1. The monoisotopic (exact) mass is 597 g/mol. The van der Waals surface area contributed by atoms with E-state index in [2.05, 4.69) is 39.5 Å². The first-order valence-electron chi connectivity index (χ1n) is 10.7. The zero-order chi connectivity index (χ0) is 24.0. The van der Waals surface area contributed by atoms with E-state index in [-0.39, 0.29) is 17.9 Å². The fraction of sp³-hybridized carbons (Fsp3) is 0.231. The Morgan fingerprint density at radius 3 is 2.59 bits per heavy atom. The van der Waals surface area contributed by atoms with Crippen LogP contribution >= 0.6 is 62.3 Å². The van der Waals surface area contributed by atoms with E-state index >= 15 is 0 Å². The van der Waals surface area contributed by atoms with Crippen molar-refractivity contribution in [1.29, 1.82) is 0 Å². The van der Waals surface area contributed by atoms with E-state index in [1.165, 1.54) is 0 Å². The van der Waals surface area contributed by atoms with Crippen LogP contribution in [0.25, 0.3) is 0 Å². The number of ether oxygens (including phenoxy) is 2. The molecule has 2 aliphatic rings. The van der Waals surface area contributed by atoms with Gasteiger partial charge in [-0.25, -0.2) is 0 Å². The third kappa shape index (κ3) is 4.29. The Hall–Kier alpha value is -1.56. The van der Waals surface area contributed by atoms with Crippen LogP contribution in [0.3, 0.4) is 0 Å². The van der Waals surface area contributed by atoms with Crippen molar-refractivity contribution >= 4 is 68.0 Å². The summed E-state index contributed by atoms with van der Waals surface area (Å²) in [6, 6.07) is 13.4. The fourth-order valence-corrected chi connectivity index (χ4v) is 6.39. The Morgan fingerprint density at radius 1 is 1.03 bits per heavy atom. The molecule has 0 unspecified atom stereocenters. The second kappa shape index (κ2) is 9.83. The van der Waals surface area contributed by atoms with Gasteiger partial charge >= 0.3 is 0 Å². The normalized spacial score (nSPS) is 20.5. The minimum absolute atomic E-state index is 0.00920. The predicted molar refractivity (Wildman–Crippen MR) is 144 cm³/mol. The molecule has 1 aliphatic carbocycles. The van der Waals surface area contributed by atoms with Gasteiger partial charge in [0.2, 0.25) is 0 Å². The van der Waals surface area contributed by atoms with Crippen molar-refractivity contribution in [3.8, 4) is 11.5 Å². The van der Waals surface area contributed by atoms with Crippen LogP contribution in [-0.4, -0.2) is 7.11 Å². The largest absolute Gasteiger partial charge is 0.493 e. The number of allylic oxidation sites excluding steroid dienone is 2. The summed E-state index contributed by atoms with van der Waals surface area (Å²) in [5.74, 6) is 1.63. The van der Waals surface area contributed by atoms with Gasteiger partial charge in [0.05, 0.1) is 38.4 Å². The molecule has 0 amide bonds. The number of methoxy groups -OCH3 is 1. The molecular weight excluding hydrogens is 580 g/mol. The molecule has 1 N–H and O–H groups in total. The zero-order valence-corrected chi connectivity index (χ0v) is 22.7. The Morgan fingerprint density at radius 2 is 1.82 bits per heavy atom. The van der Waals surface area contributed by atoms with Gasteiger partial charge in [-0.05, 0) is 58.1 Å². The summed E-state index contributed by atoms with van der Waals surface area (Å²) < 4.78 is 12.6. The Bertz CT molecular complexity index is 1300. The number of fused-ring (bicyclic) bond motifs is 3. The summed E-state index contributed by atoms with van der Waals surface area (Å²) in [5, 5.41) is 5.87. The van der Waals surface area contributed by atoms with Gasteiger partial charge in [-0.2, -0.15) is 0 Å². The number of hydrogen-bond acceptors (Lipinski definition) is 3. The van der Waals surface area contributed by atoms with Crippen molar-refractivity contribution in [2.24, 2.45) is 5.92 Å². The van der Waals surface area contributed by atoms with Gasteiger partial charge < -0.3 is 14.8 Å². The molecule has 3 aromatic rings. The molecule has 3 nitrogen and oxygen atoms in total. The van der Waals surface area contributed by atoms with Crippen molar-refractivity contribution < 1.29 is 9.47 Å². The van der Waals surface area contributed by atoms with E-state index in [4.69, 9.17) is 55.9 Å². The van der Waals surface area contributed by atoms with Crippen molar-refractivity contribution in [1.82, 2.24) is 0 Å². The second-order valence-corrected chi connectivity index (χ2v) is 10.8. The highest BCUT2D eigenvalue weighted by Gasteiger charge is 2.41. The number of hydrogen-bond donors (Lipinski definition) is 1. The van der Waals surface area contributed by atoms with Gasteiger partial charge in [0.25, 0.3) is 0 Å². The first-order chi connectivity index (χ1) is 16.4. The third-order valence-electron chi connectivity index (χ3n) is 6.42. The van der Waals surface area contributed by atoms with E-state index in [9.17, 15) is 0 Å². The molecule has 0 spiro atoms. The predicted octanol–water partition coefficient (Wildman–Crippen LogP) is 9.48. The van der Waals surface area contributed by atoms with Crippen LogP contribution in [0.15, 0.2) is 59.1 Å². The van der Waals surface area contributed by atoms with E-state index in [0.29, 0.717) is 38.2 Å². The highest BCUT2D eigenvalue weighted by molar-refractivity contribution is 9.10. The van der Waals surface area contributed by atoms with E-state index in [0.717, 1.165) is 33.3 Å². The quantitative estimate of drug-likeness (QED) is 0.234. The number of anilines is 1. The van der Waals surface area contributed by atoms with Crippen molar-refractivity contribution in [2.45, 2.75) is 25.0 Å². The second-order valence-electron chi connectivity index (χ2n) is 8.33. The standard InChI is InChI=1S/C26H20BrCl4NO2/c1-33-21-10-14(9-17(27)26(21)34-12-13-5-2-3-8-18(13)28)24-16-7-4-6-15(16)22-23(31)19(29)11-20(30)25(22)32-24/h2-6,8-11,15-16,24,32H,7,12H2,1H3/t15-,16+,24+/m1/s1. The topological polar surface area (TPSA) is 30.5 Å². The van der Waals surface area contributed by atoms with Gasteiger partial charge in [-0.3, -0.25) is 0 Å². The van der Waals surface area contributed by atoms with Crippen LogP contribution in [-0.2, 0) is 6.61 Å². The van der Waals surface area contributed by atoms with E-state index in [1.54, 1.807) is 13.2 Å². The maximum absolute atomic E-state index is 6.62. The lowest BCUT2D eigenvalue weighted by atomic mass is 9.77.